The Bertz CT molecular complexity index is 523. The summed E-state index contributed by atoms with van der Waals surface area (Å²) in [6.07, 6.45) is 0.890. The third-order valence-corrected chi connectivity index (χ3v) is 3.67. The zero-order valence-corrected chi connectivity index (χ0v) is 13.1. The molecule has 0 aromatic heterocycles. The molecule has 1 atom stereocenters. The van der Waals surface area contributed by atoms with E-state index >= 15 is 0 Å². The fourth-order valence-corrected chi connectivity index (χ4v) is 2.63. The highest BCUT2D eigenvalue weighted by atomic mass is 79.9. The molecule has 0 radical (unpaired) electrons. The van der Waals surface area contributed by atoms with E-state index in [1.165, 1.54) is 0 Å². The van der Waals surface area contributed by atoms with Gasteiger partial charge in [0.1, 0.15) is 0 Å². The largest absolute Gasteiger partial charge is 0.490 e. The minimum atomic E-state index is 0.0457. The molecule has 0 saturated heterocycles. The third-order valence-electron chi connectivity index (χ3n) is 3.08. The lowest BCUT2D eigenvalue weighted by atomic mass is 10.1. The van der Waals surface area contributed by atoms with E-state index in [-0.39, 0.29) is 6.04 Å². The fourth-order valence-electron chi connectivity index (χ4n) is 2.05. The van der Waals surface area contributed by atoms with Crippen LogP contribution in [0.4, 0.5) is 0 Å². The van der Waals surface area contributed by atoms with Gasteiger partial charge in [0, 0.05) is 19.0 Å². The first-order chi connectivity index (χ1) is 9.76. The Labute approximate surface area is 128 Å². The molecule has 1 aliphatic heterocycles. The van der Waals surface area contributed by atoms with Crippen LogP contribution in [0.15, 0.2) is 16.6 Å². The van der Waals surface area contributed by atoms with Gasteiger partial charge in [-0.05, 0) is 40.5 Å². The van der Waals surface area contributed by atoms with Crippen LogP contribution in [0.2, 0.25) is 0 Å². The summed E-state index contributed by atoms with van der Waals surface area (Å²) in [5.41, 5.74) is 6.92. The number of ether oxygens (including phenoxy) is 2. The smallest absolute Gasteiger partial charge is 0.175 e. The SMILES string of the molecule is CC#CCNC(CN)c1cc(Br)c2c(c1)OCCCO2. The Balaban J connectivity index is 2.24. The zero-order valence-electron chi connectivity index (χ0n) is 11.5. The molecule has 108 valence electrons. The van der Waals surface area contributed by atoms with E-state index in [4.69, 9.17) is 15.2 Å². The van der Waals surface area contributed by atoms with E-state index in [9.17, 15) is 0 Å². The first kappa shape index (κ1) is 15.2. The van der Waals surface area contributed by atoms with E-state index < -0.39 is 0 Å². The number of hydrogen-bond acceptors (Lipinski definition) is 4. The average Bonchev–Trinajstić information content (AvgIpc) is 2.69. The number of nitrogens with two attached hydrogens (primary N) is 1. The van der Waals surface area contributed by atoms with Crippen LogP contribution in [0.25, 0.3) is 0 Å². The van der Waals surface area contributed by atoms with Crippen LogP contribution in [-0.2, 0) is 0 Å². The molecule has 2 rings (SSSR count). The van der Waals surface area contributed by atoms with Gasteiger partial charge in [-0.3, -0.25) is 5.32 Å². The van der Waals surface area contributed by atoms with Gasteiger partial charge in [0.2, 0.25) is 0 Å². The van der Waals surface area contributed by atoms with Gasteiger partial charge >= 0.3 is 0 Å². The van der Waals surface area contributed by atoms with Gasteiger partial charge in [0.15, 0.2) is 11.5 Å². The third kappa shape index (κ3) is 3.66. The van der Waals surface area contributed by atoms with Gasteiger partial charge in [-0.25, -0.2) is 0 Å². The summed E-state index contributed by atoms with van der Waals surface area (Å²) in [5.74, 6) is 7.39. The molecular weight excluding hydrogens is 320 g/mol. The summed E-state index contributed by atoms with van der Waals surface area (Å²) < 4.78 is 12.3. The first-order valence-corrected chi connectivity index (χ1v) is 7.47. The molecule has 3 N–H and O–H groups in total. The molecule has 20 heavy (non-hydrogen) atoms. The van der Waals surface area contributed by atoms with Crippen molar-refractivity contribution >= 4 is 15.9 Å². The van der Waals surface area contributed by atoms with Gasteiger partial charge in [0.25, 0.3) is 0 Å². The molecule has 1 aliphatic rings. The van der Waals surface area contributed by atoms with E-state index in [1.807, 2.05) is 19.1 Å². The molecule has 0 spiro atoms. The first-order valence-electron chi connectivity index (χ1n) is 6.68. The molecule has 0 bridgehead atoms. The van der Waals surface area contributed by atoms with Crippen molar-refractivity contribution < 1.29 is 9.47 Å². The summed E-state index contributed by atoms with van der Waals surface area (Å²) in [6.45, 7) is 4.28. The predicted octanol–water partition coefficient (Wildman–Crippen LogP) is 2.22. The highest BCUT2D eigenvalue weighted by Gasteiger charge is 2.18. The zero-order chi connectivity index (χ0) is 14.4. The van der Waals surface area contributed by atoms with E-state index in [0.29, 0.717) is 26.3 Å². The van der Waals surface area contributed by atoms with Crippen molar-refractivity contribution in [1.82, 2.24) is 5.32 Å². The number of nitrogens with one attached hydrogen (secondary N) is 1. The summed E-state index contributed by atoms with van der Waals surface area (Å²) >= 11 is 3.55. The van der Waals surface area contributed by atoms with Crippen molar-refractivity contribution in [3.8, 4) is 23.3 Å². The van der Waals surface area contributed by atoms with Gasteiger partial charge < -0.3 is 15.2 Å². The Kier molecular flexibility index (Phi) is 5.72. The topological polar surface area (TPSA) is 56.5 Å². The Hall–Kier alpha value is -1.22. The Morgan fingerprint density at radius 2 is 2.20 bits per heavy atom. The summed E-state index contributed by atoms with van der Waals surface area (Å²) in [6, 6.07) is 4.07. The minimum absolute atomic E-state index is 0.0457. The molecule has 4 nitrogen and oxygen atoms in total. The average molecular weight is 339 g/mol. The van der Waals surface area contributed by atoms with Crippen LogP contribution < -0.4 is 20.5 Å². The van der Waals surface area contributed by atoms with Gasteiger partial charge in [-0.2, -0.15) is 0 Å². The van der Waals surface area contributed by atoms with Crippen LogP contribution in [0.3, 0.4) is 0 Å². The van der Waals surface area contributed by atoms with E-state index in [0.717, 1.165) is 28.0 Å². The number of rotatable bonds is 4. The number of halogens is 1. The highest BCUT2D eigenvalue weighted by Crippen LogP contribution is 2.39. The van der Waals surface area contributed by atoms with Crippen molar-refractivity contribution in [2.24, 2.45) is 5.73 Å². The summed E-state index contributed by atoms with van der Waals surface area (Å²) in [4.78, 5) is 0. The molecule has 0 aliphatic carbocycles. The van der Waals surface area contributed by atoms with Crippen LogP contribution in [0, 0.1) is 11.8 Å². The van der Waals surface area contributed by atoms with Crippen LogP contribution in [0.1, 0.15) is 24.9 Å². The summed E-state index contributed by atoms with van der Waals surface area (Å²) in [7, 11) is 0. The summed E-state index contributed by atoms with van der Waals surface area (Å²) in [5, 5.41) is 3.32. The van der Waals surface area contributed by atoms with Crippen LogP contribution >= 0.6 is 15.9 Å². The molecule has 1 unspecified atom stereocenters. The molecular formula is C15H19BrN2O2. The van der Waals surface area contributed by atoms with Gasteiger partial charge in [-0.1, -0.05) is 5.92 Å². The van der Waals surface area contributed by atoms with E-state index in [2.05, 4.69) is 33.1 Å². The maximum absolute atomic E-state index is 5.85. The highest BCUT2D eigenvalue weighted by molar-refractivity contribution is 9.10. The Morgan fingerprint density at radius 3 is 2.95 bits per heavy atom. The monoisotopic (exact) mass is 338 g/mol. The normalized spacial score (nSPS) is 14.9. The van der Waals surface area contributed by atoms with Gasteiger partial charge in [-0.15, -0.1) is 5.92 Å². The molecule has 0 fully saturated rings. The quantitative estimate of drug-likeness (QED) is 0.826. The predicted molar refractivity (Wildman–Crippen MR) is 83.0 cm³/mol. The molecule has 1 aromatic carbocycles. The van der Waals surface area contributed by atoms with Crippen LogP contribution in [-0.4, -0.2) is 26.3 Å². The van der Waals surface area contributed by atoms with Crippen molar-refractivity contribution in [2.45, 2.75) is 19.4 Å². The van der Waals surface area contributed by atoms with Gasteiger partial charge in [0.05, 0.1) is 24.2 Å². The standard InChI is InChI=1S/C15H19BrN2O2/c1-2-3-5-18-13(10-17)11-8-12(16)15-14(9-11)19-6-4-7-20-15/h8-9,13,18H,4-7,10,17H2,1H3. The Morgan fingerprint density at radius 1 is 1.40 bits per heavy atom. The number of fused-ring (bicyclic) bond motifs is 1. The lowest BCUT2D eigenvalue weighted by Crippen LogP contribution is -2.28. The second kappa shape index (κ2) is 7.53. The van der Waals surface area contributed by atoms with Crippen molar-refractivity contribution in [1.29, 1.82) is 0 Å². The second-order valence-electron chi connectivity index (χ2n) is 4.48. The van der Waals surface area contributed by atoms with Crippen LogP contribution in [0.5, 0.6) is 11.5 Å². The molecule has 5 heteroatoms. The van der Waals surface area contributed by atoms with Crippen molar-refractivity contribution in [3.05, 3.63) is 22.2 Å². The molecule has 1 heterocycles. The fraction of sp³-hybridized carbons (Fsp3) is 0.467. The molecule has 0 saturated carbocycles. The maximum atomic E-state index is 5.85. The molecule has 1 aromatic rings. The maximum Gasteiger partial charge on any atom is 0.175 e. The van der Waals surface area contributed by atoms with Crippen molar-refractivity contribution in [3.63, 3.8) is 0 Å². The lowest BCUT2D eigenvalue weighted by molar-refractivity contribution is 0.296. The number of hydrogen-bond donors (Lipinski definition) is 2. The molecule has 0 amide bonds. The number of benzene rings is 1. The van der Waals surface area contributed by atoms with E-state index in [1.54, 1.807) is 0 Å². The minimum Gasteiger partial charge on any atom is -0.490 e. The lowest BCUT2D eigenvalue weighted by Gasteiger charge is -2.18. The van der Waals surface area contributed by atoms with Crippen molar-refractivity contribution in [2.75, 3.05) is 26.3 Å². The second-order valence-corrected chi connectivity index (χ2v) is 5.33.